The second-order valence-corrected chi connectivity index (χ2v) is 7.07. The maximum atomic E-state index is 12.8. The topological polar surface area (TPSA) is 62.3 Å². The van der Waals surface area contributed by atoms with Crippen molar-refractivity contribution in [2.75, 3.05) is 0 Å². The molecular weight excluding hydrogens is 286 g/mol. The van der Waals surface area contributed by atoms with Crippen molar-refractivity contribution in [1.82, 2.24) is 15.2 Å². The molecule has 0 bridgehead atoms. The molecule has 2 heterocycles. The summed E-state index contributed by atoms with van der Waals surface area (Å²) in [5.41, 5.74) is -0.715. The van der Waals surface area contributed by atoms with Gasteiger partial charge >= 0.3 is 0 Å². The van der Waals surface area contributed by atoms with Crippen molar-refractivity contribution in [3.8, 4) is 0 Å². The number of aromatic nitrogens is 1. The molecule has 1 saturated heterocycles. The maximum absolute atomic E-state index is 12.8. The molecule has 1 aromatic heterocycles. The fourth-order valence-corrected chi connectivity index (χ4v) is 3.75. The second-order valence-electron chi connectivity index (χ2n) is 6.09. The smallest absolute Gasteiger partial charge is 0.246 e. The van der Waals surface area contributed by atoms with Crippen LogP contribution in [0.1, 0.15) is 44.5 Å². The fourth-order valence-electron chi connectivity index (χ4n) is 3.15. The molecule has 0 radical (unpaired) electrons. The SMILES string of the molecule is CCCC1NC(=O)C(C)(C2CC2)N(Cc2nccs2)C1=O. The molecule has 21 heavy (non-hydrogen) atoms. The first-order valence-electron chi connectivity index (χ1n) is 7.58. The Morgan fingerprint density at radius 2 is 2.24 bits per heavy atom. The minimum Gasteiger partial charge on any atom is -0.342 e. The van der Waals surface area contributed by atoms with Crippen molar-refractivity contribution in [2.24, 2.45) is 5.92 Å². The van der Waals surface area contributed by atoms with E-state index in [0.717, 1.165) is 24.3 Å². The van der Waals surface area contributed by atoms with Gasteiger partial charge in [-0.05, 0) is 32.1 Å². The number of rotatable bonds is 5. The van der Waals surface area contributed by atoms with Crippen molar-refractivity contribution in [3.63, 3.8) is 0 Å². The van der Waals surface area contributed by atoms with Crippen LogP contribution >= 0.6 is 11.3 Å². The first kappa shape index (κ1) is 14.5. The van der Waals surface area contributed by atoms with E-state index < -0.39 is 5.54 Å². The molecule has 2 aliphatic rings. The normalized spacial score (nSPS) is 29.6. The number of carbonyl (C=O) groups is 2. The van der Waals surface area contributed by atoms with Gasteiger partial charge in [0.2, 0.25) is 11.8 Å². The average molecular weight is 307 g/mol. The summed E-state index contributed by atoms with van der Waals surface area (Å²) in [4.78, 5) is 31.5. The highest BCUT2D eigenvalue weighted by Gasteiger charge is 2.56. The third kappa shape index (κ3) is 2.46. The highest BCUT2D eigenvalue weighted by Crippen LogP contribution is 2.45. The van der Waals surface area contributed by atoms with Gasteiger partial charge in [-0.15, -0.1) is 11.3 Å². The molecule has 2 amide bonds. The largest absolute Gasteiger partial charge is 0.342 e. The molecule has 1 saturated carbocycles. The molecule has 1 aromatic rings. The average Bonchev–Trinajstić information content (AvgIpc) is 3.19. The zero-order chi connectivity index (χ0) is 15.0. The van der Waals surface area contributed by atoms with Gasteiger partial charge in [0.25, 0.3) is 0 Å². The molecule has 0 aromatic carbocycles. The lowest BCUT2D eigenvalue weighted by atomic mass is 9.87. The third-order valence-electron chi connectivity index (χ3n) is 4.62. The molecule has 2 atom stereocenters. The molecule has 0 spiro atoms. The van der Waals surface area contributed by atoms with Crippen LogP contribution in [-0.4, -0.2) is 33.3 Å². The van der Waals surface area contributed by atoms with Crippen molar-refractivity contribution in [3.05, 3.63) is 16.6 Å². The predicted molar refractivity (Wildman–Crippen MR) is 80.6 cm³/mol. The Morgan fingerprint density at radius 3 is 2.81 bits per heavy atom. The Kier molecular flexibility index (Phi) is 3.73. The van der Waals surface area contributed by atoms with E-state index in [1.807, 2.05) is 19.2 Å². The number of thiazole rings is 1. The van der Waals surface area contributed by atoms with E-state index in [1.165, 1.54) is 11.3 Å². The van der Waals surface area contributed by atoms with Gasteiger partial charge in [0, 0.05) is 11.6 Å². The summed E-state index contributed by atoms with van der Waals surface area (Å²) >= 11 is 1.53. The van der Waals surface area contributed by atoms with Gasteiger partial charge in [0.15, 0.2) is 0 Å². The molecule has 1 N–H and O–H groups in total. The second kappa shape index (κ2) is 5.40. The van der Waals surface area contributed by atoms with Crippen LogP contribution in [0.25, 0.3) is 0 Å². The van der Waals surface area contributed by atoms with Crippen LogP contribution < -0.4 is 5.32 Å². The summed E-state index contributed by atoms with van der Waals surface area (Å²) in [6.07, 6.45) is 5.35. The van der Waals surface area contributed by atoms with Gasteiger partial charge in [-0.3, -0.25) is 9.59 Å². The number of nitrogens with one attached hydrogen (secondary N) is 1. The molecular formula is C15H21N3O2S. The molecule has 1 aliphatic heterocycles. The molecule has 114 valence electrons. The van der Waals surface area contributed by atoms with E-state index in [1.54, 1.807) is 11.1 Å². The molecule has 2 unspecified atom stereocenters. The molecule has 5 nitrogen and oxygen atoms in total. The summed E-state index contributed by atoms with van der Waals surface area (Å²) < 4.78 is 0. The monoisotopic (exact) mass is 307 g/mol. The van der Waals surface area contributed by atoms with Crippen LogP contribution in [0.15, 0.2) is 11.6 Å². The predicted octanol–water partition coefficient (Wildman–Crippen LogP) is 1.94. The fraction of sp³-hybridized carbons (Fsp3) is 0.667. The lowest BCUT2D eigenvalue weighted by molar-refractivity contribution is -0.159. The number of carbonyl (C=O) groups excluding carboxylic acids is 2. The van der Waals surface area contributed by atoms with Gasteiger partial charge < -0.3 is 10.2 Å². The standard InChI is InChI=1S/C15H21N3O2S/c1-3-4-11-13(19)18(9-12-16-7-8-21-12)15(2,10-5-6-10)14(20)17-11/h7-8,10-11H,3-6,9H2,1-2H3,(H,17,20). The van der Waals surface area contributed by atoms with E-state index in [9.17, 15) is 9.59 Å². The van der Waals surface area contributed by atoms with E-state index >= 15 is 0 Å². The summed E-state index contributed by atoms with van der Waals surface area (Å²) in [5.74, 6) is 0.324. The van der Waals surface area contributed by atoms with Gasteiger partial charge in [-0.25, -0.2) is 4.98 Å². The van der Waals surface area contributed by atoms with Crippen molar-refractivity contribution >= 4 is 23.2 Å². The first-order chi connectivity index (χ1) is 10.1. The molecule has 3 rings (SSSR count). The Balaban J connectivity index is 1.91. The van der Waals surface area contributed by atoms with E-state index in [2.05, 4.69) is 10.3 Å². The van der Waals surface area contributed by atoms with Gasteiger partial charge in [0.05, 0.1) is 6.54 Å². The van der Waals surface area contributed by atoms with E-state index in [0.29, 0.717) is 13.0 Å². The zero-order valence-electron chi connectivity index (χ0n) is 12.5. The van der Waals surface area contributed by atoms with Gasteiger partial charge in [0.1, 0.15) is 16.6 Å². The zero-order valence-corrected chi connectivity index (χ0v) is 13.3. The minimum absolute atomic E-state index is 0.000365. The number of piperazine rings is 1. The van der Waals surface area contributed by atoms with Crippen molar-refractivity contribution in [2.45, 2.75) is 57.7 Å². The number of amides is 2. The molecule has 1 aliphatic carbocycles. The lowest BCUT2D eigenvalue weighted by Gasteiger charge is -2.46. The van der Waals surface area contributed by atoms with Crippen LogP contribution in [-0.2, 0) is 16.1 Å². The van der Waals surface area contributed by atoms with Crippen LogP contribution in [0.3, 0.4) is 0 Å². The first-order valence-corrected chi connectivity index (χ1v) is 8.46. The van der Waals surface area contributed by atoms with Gasteiger partial charge in [-0.2, -0.15) is 0 Å². The summed E-state index contributed by atoms with van der Waals surface area (Å²) in [6, 6.07) is -0.380. The third-order valence-corrected chi connectivity index (χ3v) is 5.38. The minimum atomic E-state index is -0.715. The van der Waals surface area contributed by atoms with Crippen LogP contribution in [0.5, 0.6) is 0 Å². The lowest BCUT2D eigenvalue weighted by Crippen LogP contribution is -2.70. The Bertz CT molecular complexity index is 541. The Morgan fingerprint density at radius 1 is 1.48 bits per heavy atom. The Labute approximate surface area is 128 Å². The van der Waals surface area contributed by atoms with E-state index in [4.69, 9.17) is 0 Å². The van der Waals surface area contributed by atoms with E-state index in [-0.39, 0.29) is 23.8 Å². The summed E-state index contributed by atoms with van der Waals surface area (Å²) in [7, 11) is 0. The number of hydrogen-bond acceptors (Lipinski definition) is 4. The highest BCUT2D eigenvalue weighted by molar-refractivity contribution is 7.09. The van der Waals surface area contributed by atoms with Crippen molar-refractivity contribution < 1.29 is 9.59 Å². The highest BCUT2D eigenvalue weighted by atomic mass is 32.1. The van der Waals surface area contributed by atoms with Crippen molar-refractivity contribution in [1.29, 1.82) is 0 Å². The van der Waals surface area contributed by atoms with Gasteiger partial charge in [-0.1, -0.05) is 13.3 Å². The van der Waals surface area contributed by atoms with Crippen LogP contribution in [0, 0.1) is 5.92 Å². The maximum Gasteiger partial charge on any atom is 0.246 e. The quantitative estimate of drug-likeness (QED) is 0.904. The molecule has 6 heteroatoms. The summed E-state index contributed by atoms with van der Waals surface area (Å²) in [5, 5.41) is 5.74. The van der Waals surface area contributed by atoms with Crippen LogP contribution in [0.4, 0.5) is 0 Å². The Hall–Kier alpha value is -1.43. The van der Waals surface area contributed by atoms with Crippen LogP contribution in [0.2, 0.25) is 0 Å². The molecule has 2 fully saturated rings. The summed E-state index contributed by atoms with van der Waals surface area (Å²) in [6.45, 7) is 4.38. The number of hydrogen-bond donors (Lipinski definition) is 1. The number of nitrogens with zero attached hydrogens (tertiary/aromatic N) is 2.